The van der Waals surface area contributed by atoms with Crippen LogP contribution in [0, 0.1) is 0 Å². The fourth-order valence-electron chi connectivity index (χ4n) is 2.57. The zero-order chi connectivity index (χ0) is 16.2. The third-order valence-electron chi connectivity index (χ3n) is 3.84. The van der Waals surface area contributed by atoms with Crippen LogP contribution in [0.15, 0.2) is 83.4 Å². The van der Waals surface area contributed by atoms with Gasteiger partial charge in [-0.3, -0.25) is 0 Å². The van der Waals surface area contributed by atoms with Gasteiger partial charge in [0.1, 0.15) is 0 Å². The minimum atomic E-state index is -1.55. The summed E-state index contributed by atoms with van der Waals surface area (Å²) in [6, 6.07) is 18.6. The van der Waals surface area contributed by atoms with E-state index in [1.807, 2.05) is 78.9 Å². The molecule has 0 spiro atoms. The number of Topliss-reactive ketones (excluding diaryl/α,β-unsaturated/α-hetero) is 2. The SMILES string of the molecule is C[Se+]1C(C(=O)c2ccccc2)=CC=CC1C(=O)c1ccccc1. The Morgan fingerprint density at radius 2 is 1.43 bits per heavy atom. The van der Waals surface area contributed by atoms with E-state index in [4.69, 9.17) is 0 Å². The van der Waals surface area contributed by atoms with Gasteiger partial charge in [0.25, 0.3) is 0 Å². The Balaban J connectivity index is 1.86. The molecule has 1 aliphatic heterocycles. The van der Waals surface area contributed by atoms with Crippen LogP contribution in [0.1, 0.15) is 20.7 Å². The van der Waals surface area contributed by atoms with Crippen LogP contribution < -0.4 is 0 Å². The van der Waals surface area contributed by atoms with Gasteiger partial charge in [-0.1, -0.05) is 0 Å². The number of carbonyl (C=O) groups excluding carboxylic acids is 2. The standard InChI is InChI=1S/C20H17O2Se/c1-23-17(19(21)15-9-4-2-5-10-15)13-8-14-18(23)20(22)16-11-6-3-7-12-16/h2-14,17H,1H3/q+1. The average molecular weight is 368 g/mol. The third kappa shape index (κ3) is 3.26. The second-order valence-corrected chi connectivity index (χ2v) is 9.65. The summed E-state index contributed by atoms with van der Waals surface area (Å²) in [5, 5.41) is 0. The zero-order valence-electron chi connectivity index (χ0n) is 12.8. The molecule has 2 atom stereocenters. The van der Waals surface area contributed by atoms with Crippen LogP contribution in [-0.2, 0) is 0 Å². The summed E-state index contributed by atoms with van der Waals surface area (Å²) in [5.74, 6) is 2.23. The number of rotatable bonds is 4. The van der Waals surface area contributed by atoms with Crippen molar-refractivity contribution in [1.82, 2.24) is 0 Å². The molecule has 0 N–H and O–H groups in total. The number of carbonyl (C=O) groups is 2. The molecule has 0 radical (unpaired) electrons. The van der Waals surface area contributed by atoms with Crippen molar-refractivity contribution in [1.29, 1.82) is 0 Å². The molecule has 1 heterocycles. The van der Waals surface area contributed by atoms with E-state index in [1.54, 1.807) is 0 Å². The van der Waals surface area contributed by atoms with E-state index in [1.165, 1.54) is 0 Å². The second kappa shape index (κ2) is 6.91. The van der Waals surface area contributed by atoms with Crippen LogP contribution in [0.2, 0.25) is 10.6 Å². The molecule has 0 saturated carbocycles. The van der Waals surface area contributed by atoms with E-state index < -0.39 is 13.9 Å². The monoisotopic (exact) mass is 369 g/mol. The summed E-state index contributed by atoms with van der Waals surface area (Å²) in [4.78, 5) is 25.3. The first-order valence-corrected chi connectivity index (χ1v) is 11.0. The van der Waals surface area contributed by atoms with Crippen molar-refractivity contribution in [2.45, 2.75) is 10.6 Å². The number of hydrogen-bond donors (Lipinski definition) is 0. The molecule has 23 heavy (non-hydrogen) atoms. The van der Waals surface area contributed by atoms with Gasteiger partial charge in [0.05, 0.1) is 0 Å². The van der Waals surface area contributed by atoms with E-state index in [9.17, 15) is 9.59 Å². The van der Waals surface area contributed by atoms with Gasteiger partial charge in [-0.05, 0) is 0 Å². The average Bonchev–Trinajstić information content (AvgIpc) is 2.62. The normalized spacial score (nSPS) is 20.0. The van der Waals surface area contributed by atoms with Crippen LogP contribution >= 0.6 is 0 Å². The fraction of sp³-hybridized carbons (Fsp3) is 0.100. The molecule has 1 aliphatic rings. The first-order valence-electron chi connectivity index (χ1n) is 7.41. The number of allylic oxidation sites excluding steroid dienone is 4. The van der Waals surface area contributed by atoms with Crippen molar-refractivity contribution in [3.8, 4) is 0 Å². The molecule has 2 aromatic carbocycles. The summed E-state index contributed by atoms with van der Waals surface area (Å²) in [7, 11) is 0. The Morgan fingerprint density at radius 3 is 2.04 bits per heavy atom. The van der Waals surface area contributed by atoms with Gasteiger partial charge >= 0.3 is 140 Å². The van der Waals surface area contributed by atoms with Crippen LogP contribution in [0.3, 0.4) is 0 Å². The molecule has 0 amide bonds. The van der Waals surface area contributed by atoms with Gasteiger partial charge in [-0.2, -0.15) is 0 Å². The third-order valence-corrected chi connectivity index (χ3v) is 8.34. The Labute approximate surface area is 140 Å². The topological polar surface area (TPSA) is 34.1 Å². The van der Waals surface area contributed by atoms with Crippen molar-refractivity contribution in [3.05, 3.63) is 94.5 Å². The van der Waals surface area contributed by atoms with Crippen LogP contribution in [-0.4, -0.2) is 25.5 Å². The number of ketones is 2. The molecule has 3 rings (SSSR count). The molecule has 0 saturated heterocycles. The molecule has 0 aliphatic carbocycles. The van der Waals surface area contributed by atoms with Crippen molar-refractivity contribution >= 4 is 25.5 Å². The quantitative estimate of drug-likeness (QED) is 0.596. The van der Waals surface area contributed by atoms with Crippen molar-refractivity contribution < 1.29 is 9.59 Å². The fourth-order valence-corrected chi connectivity index (χ4v) is 6.27. The molecule has 0 aromatic heterocycles. The summed E-state index contributed by atoms with van der Waals surface area (Å²) < 4.78 is 0.813. The van der Waals surface area contributed by atoms with Crippen LogP contribution in [0.4, 0.5) is 0 Å². The summed E-state index contributed by atoms with van der Waals surface area (Å²) in [5.41, 5.74) is 1.40. The van der Waals surface area contributed by atoms with E-state index in [0.717, 1.165) is 4.47 Å². The van der Waals surface area contributed by atoms with Gasteiger partial charge < -0.3 is 0 Å². The Bertz CT molecular complexity index is 776. The van der Waals surface area contributed by atoms with Gasteiger partial charge in [-0.25, -0.2) is 0 Å². The molecule has 114 valence electrons. The maximum absolute atomic E-state index is 12.8. The van der Waals surface area contributed by atoms with Gasteiger partial charge in [0.15, 0.2) is 0 Å². The minimum absolute atomic E-state index is 0.0494. The Kier molecular flexibility index (Phi) is 4.70. The molecule has 2 aromatic rings. The Morgan fingerprint density at radius 1 is 0.870 bits per heavy atom. The Hall–Kier alpha value is -2.22. The molecule has 0 bridgehead atoms. The predicted octanol–water partition coefficient (Wildman–Crippen LogP) is 4.28. The first-order chi connectivity index (χ1) is 11.2. The molecular weight excluding hydrogens is 351 g/mol. The molecule has 0 fully saturated rings. The molecule has 2 unspecified atom stereocenters. The van der Waals surface area contributed by atoms with E-state index in [0.29, 0.717) is 11.1 Å². The molecule has 2 nitrogen and oxygen atoms in total. The summed E-state index contributed by atoms with van der Waals surface area (Å²) in [6.45, 7) is 0. The number of benzene rings is 2. The van der Waals surface area contributed by atoms with Crippen molar-refractivity contribution in [2.75, 3.05) is 0 Å². The molecule has 3 heteroatoms. The van der Waals surface area contributed by atoms with Gasteiger partial charge in [0.2, 0.25) is 0 Å². The zero-order valence-corrected chi connectivity index (χ0v) is 14.5. The first kappa shape index (κ1) is 15.7. The van der Waals surface area contributed by atoms with Gasteiger partial charge in [0, 0.05) is 0 Å². The van der Waals surface area contributed by atoms with Crippen molar-refractivity contribution in [2.24, 2.45) is 0 Å². The van der Waals surface area contributed by atoms with Crippen LogP contribution in [0.25, 0.3) is 0 Å². The van der Waals surface area contributed by atoms with Crippen LogP contribution in [0.5, 0.6) is 0 Å². The predicted molar refractivity (Wildman–Crippen MR) is 94.1 cm³/mol. The molecular formula is C20H17O2Se+. The maximum atomic E-state index is 12.8. The number of hydrogen-bond acceptors (Lipinski definition) is 2. The van der Waals surface area contributed by atoms with E-state index >= 15 is 0 Å². The van der Waals surface area contributed by atoms with E-state index in [2.05, 4.69) is 5.82 Å². The second-order valence-electron chi connectivity index (χ2n) is 5.32. The van der Waals surface area contributed by atoms with E-state index in [-0.39, 0.29) is 16.4 Å². The van der Waals surface area contributed by atoms with Crippen molar-refractivity contribution in [3.63, 3.8) is 0 Å². The van der Waals surface area contributed by atoms with Gasteiger partial charge in [-0.15, -0.1) is 0 Å². The summed E-state index contributed by atoms with van der Waals surface area (Å²) >= 11 is -1.55. The summed E-state index contributed by atoms with van der Waals surface area (Å²) in [6.07, 6.45) is 5.68.